The van der Waals surface area contributed by atoms with Crippen LogP contribution in [-0.2, 0) is 6.54 Å². The van der Waals surface area contributed by atoms with E-state index in [1.165, 1.54) is 10.9 Å². The smallest absolute Gasteiger partial charge is 0.128 e. The number of alkyl halides is 1. The predicted octanol–water partition coefficient (Wildman–Crippen LogP) is 3.04. The van der Waals surface area contributed by atoms with Crippen LogP contribution >= 0.6 is 15.9 Å². The number of fused-ring (bicyclic) bond motifs is 1. The molecule has 74 valence electrons. The Morgan fingerprint density at radius 2 is 2.21 bits per heavy atom. The first-order chi connectivity index (χ1) is 6.86. The van der Waals surface area contributed by atoms with E-state index < -0.39 is 0 Å². The van der Waals surface area contributed by atoms with Gasteiger partial charge >= 0.3 is 0 Å². The maximum absolute atomic E-state index is 5.29. The lowest BCUT2D eigenvalue weighted by atomic mass is 10.2. The largest absolute Gasteiger partial charge is 0.496 e. The number of halogens is 1. The van der Waals surface area contributed by atoms with Gasteiger partial charge in [-0.3, -0.25) is 0 Å². The summed E-state index contributed by atoms with van der Waals surface area (Å²) in [7, 11) is 1.70. The quantitative estimate of drug-likeness (QED) is 0.768. The molecule has 0 bridgehead atoms. The number of nitrogens with zero attached hydrogens (tertiary/aromatic N) is 1. The van der Waals surface area contributed by atoms with Gasteiger partial charge in [0.2, 0.25) is 0 Å². The minimum absolute atomic E-state index is 0.941. The molecular weight excluding hydrogens is 242 g/mol. The van der Waals surface area contributed by atoms with E-state index in [2.05, 4.69) is 38.8 Å². The standard InChI is InChI=1S/C11H12BrNO/c1-14-11-4-2-3-10-9(11)5-7-13(10)8-6-12/h2-5,7H,6,8H2,1H3. The van der Waals surface area contributed by atoms with Crippen LogP contribution in [0.2, 0.25) is 0 Å². The van der Waals surface area contributed by atoms with Crippen LogP contribution in [0.15, 0.2) is 30.5 Å². The molecule has 0 saturated carbocycles. The monoisotopic (exact) mass is 253 g/mol. The molecule has 14 heavy (non-hydrogen) atoms. The SMILES string of the molecule is COc1cccc2c1ccn2CCBr. The molecule has 0 aliphatic carbocycles. The van der Waals surface area contributed by atoms with E-state index in [1.54, 1.807) is 7.11 Å². The van der Waals surface area contributed by atoms with Crippen molar-refractivity contribution in [2.75, 3.05) is 12.4 Å². The minimum atomic E-state index is 0.941. The summed E-state index contributed by atoms with van der Waals surface area (Å²) in [6, 6.07) is 8.21. The maximum Gasteiger partial charge on any atom is 0.128 e. The van der Waals surface area contributed by atoms with E-state index in [1.807, 2.05) is 12.1 Å². The van der Waals surface area contributed by atoms with Crippen molar-refractivity contribution in [3.05, 3.63) is 30.5 Å². The van der Waals surface area contributed by atoms with Crippen molar-refractivity contribution < 1.29 is 4.74 Å². The summed E-state index contributed by atoms with van der Waals surface area (Å²) in [6.45, 7) is 0.983. The van der Waals surface area contributed by atoms with E-state index in [9.17, 15) is 0 Å². The fourth-order valence-corrected chi connectivity index (χ4v) is 2.04. The van der Waals surface area contributed by atoms with E-state index in [-0.39, 0.29) is 0 Å². The van der Waals surface area contributed by atoms with Gasteiger partial charge in [-0.05, 0) is 18.2 Å². The lowest BCUT2D eigenvalue weighted by molar-refractivity contribution is 0.420. The van der Waals surface area contributed by atoms with Crippen molar-refractivity contribution in [3.63, 3.8) is 0 Å². The number of hydrogen-bond acceptors (Lipinski definition) is 1. The van der Waals surface area contributed by atoms with Crippen LogP contribution in [-0.4, -0.2) is 17.0 Å². The molecular formula is C11H12BrNO. The van der Waals surface area contributed by atoms with Crippen LogP contribution in [0.1, 0.15) is 0 Å². The molecule has 0 saturated heterocycles. The highest BCUT2D eigenvalue weighted by Gasteiger charge is 2.04. The number of methoxy groups -OCH3 is 1. The molecule has 0 unspecified atom stereocenters. The first kappa shape index (κ1) is 9.59. The second kappa shape index (κ2) is 4.05. The van der Waals surface area contributed by atoms with Crippen LogP contribution < -0.4 is 4.74 Å². The fraction of sp³-hybridized carbons (Fsp3) is 0.273. The number of ether oxygens (including phenoxy) is 1. The third-order valence-corrected chi connectivity index (χ3v) is 2.67. The normalized spacial score (nSPS) is 10.7. The molecule has 0 aliphatic rings. The van der Waals surface area contributed by atoms with Crippen LogP contribution in [0, 0.1) is 0 Å². The second-order valence-corrected chi connectivity index (χ2v) is 3.88. The summed E-state index contributed by atoms with van der Waals surface area (Å²) in [6.07, 6.45) is 2.09. The van der Waals surface area contributed by atoms with Crippen molar-refractivity contribution in [1.82, 2.24) is 4.57 Å². The van der Waals surface area contributed by atoms with Crippen molar-refractivity contribution in [3.8, 4) is 5.75 Å². The summed E-state index contributed by atoms with van der Waals surface area (Å²) in [4.78, 5) is 0. The first-order valence-electron chi connectivity index (χ1n) is 4.54. The zero-order chi connectivity index (χ0) is 9.97. The molecule has 3 heteroatoms. The summed E-state index contributed by atoms with van der Waals surface area (Å²) in [5, 5.41) is 2.14. The van der Waals surface area contributed by atoms with Crippen molar-refractivity contribution >= 4 is 26.8 Å². The Labute approximate surface area is 91.6 Å². The highest BCUT2D eigenvalue weighted by Crippen LogP contribution is 2.26. The third-order valence-electron chi connectivity index (χ3n) is 2.32. The van der Waals surface area contributed by atoms with Gasteiger partial charge in [-0.1, -0.05) is 22.0 Å². The first-order valence-corrected chi connectivity index (χ1v) is 5.67. The van der Waals surface area contributed by atoms with Gasteiger partial charge in [0.1, 0.15) is 5.75 Å². The zero-order valence-corrected chi connectivity index (χ0v) is 9.62. The van der Waals surface area contributed by atoms with Crippen LogP contribution in [0.25, 0.3) is 10.9 Å². The molecule has 0 N–H and O–H groups in total. The van der Waals surface area contributed by atoms with Crippen molar-refractivity contribution in [1.29, 1.82) is 0 Å². The molecule has 1 heterocycles. The molecule has 0 radical (unpaired) electrons. The molecule has 1 aromatic heterocycles. The number of aromatic nitrogens is 1. The lowest BCUT2D eigenvalue weighted by Gasteiger charge is -2.04. The topological polar surface area (TPSA) is 14.2 Å². The number of benzene rings is 1. The Morgan fingerprint density at radius 1 is 1.36 bits per heavy atom. The third kappa shape index (κ3) is 1.52. The Kier molecular flexibility index (Phi) is 2.77. The Hall–Kier alpha value is -0.960. The van der Waals surface area contributed by atoms with Crippen molar-refractivity contribution in [2.45, 2.75) is 6.54 Å². The van der Waals surface area contributed by atoms with E-state index in [0.717, 1.165) is 17.6 Å². The fourth-order valence-electron chi connectivity index (χ4n) is 1.66. The van der Waals surface area contributed by atoms with E-state index in [4.69, 9.17) is 4.74 Å². The molecule has 2 aromatic rings. The van der Waals surface area contributed by atoms with Gasteiger partial charge in [-0.25, -0.2) is 0 Å². The van der Waals surface area contributed by atoms with Gasteiger partial charge in [-0.2, -0.15) is 0 Å². The highest BCUT2D eigenvalue weighted by molar-refractivity contribution is 9.09. The molecule has 2 rings (SSSR count). The molecule has 0 aliphatic heterocycles. The number of rotatable bonds is 3. The molecule has 0 spiro atoms. The average molecular weight is 254 g/mol. The van der Waals surface area contributed by atoms with Gasteiger partial charge in [0.15, 0.2) is 0 Å². The molecule has 2 nitrogen and oxygen atoms in total. The highest BCUT2D eigenvalue weighted by atomic mass is 79.9. The predicted molar refractivity (Wildman–Crippen MR) is 62.3 cm³/mol. The van der Waals surface area contributed by atoms with Gasteiger partial charge in [0, 0.05) is 23.5 Å². The van der Waals surface area contributed by atoms with Gasteiger partial charge in [-0.15, -0.1) is 0 Å². The van der Waals surface area contributed by atoms with E-state index in [0.29, 0.717) is 0 Å². The minimum Gasteiger partial charge on any atom is -0.496 e. The lowest BCUT2D eigenvalue weighted by Crippen LogP contribution is -1.96. The maximum atomic E-state index is 5.29. The van der Waals surface area contributed by atoms with Crippen LogP contribution in [0.4, 0.5) is 0 Å². The van der Waals surface area contributed by atoms with Gasteiger partial charge in [0.05, 0.1) is 12.6 Å². The summed E-state index contributed by atoms with van der Waals surface area (Å²) in [5.41, 5.74) is 1.23. The van der Waals surface area contributed by atoms with Gasteiger partial charge in [0.25, 0.3) is 0 Å². The molecule has 0 amide bonds. The second-order valence-electron chi connectivity index (χ2n) is 3.09. The Bertz CT molecular complexity index is 436. The molecule has 0 fully saturated rings. The molecule has 1 aromatic carbocycles. The van der Waals surface area contributed by atoms with Crippen molar-refractivity contribution in [2.24, 2.45) is 0 Å². The Morgan fingerprint density at radius 3 is 2.93 bits per heavy atom. The zero-order valence-electron chi connectivity index (χ0n) is 8.03. The number of hydrogen-bond donors (Lipinski definition) is 0. The summed E-state index contributed by atoms with van der Waals surface area (Å²) in [5.74, 6) is 0.941. The average Bonchev–Trinajstić information content (AvgIpc) is 2.62. The van der Waals surface area contributed by atoms with Crippen LogP contribution in [0.3, 0.4) is 0 Å². The number of aryl methyl sites for hydroxylation is 1. The Balaban J connectivity index is 2.57. The summed E-state index contributed by atoms with van der Waals surface area (Å²) < 4.78 is 7.51. The van der Waals surface area contributed by atoms with E-state index >= 15 is 0 Å². The molecule has 0 atom stereocenters. The van der Waals surface area contributed by atoms with Gasteiger partial charge < -0.3 is 9.30 Å². The van der Waals surface area contributed by atoms with Crippen LogP contribution in [0.5, 0.6) is 5.75 Å². The summed E-state index contributed by atoms with van der Waals surface area (Å²) >= 11 is 3.44.